The molecular formula is C15H34N2. The topological polar surface area (TPSA) is 29.3 Å². The van der Waals surface area contributed by atoms with Crippen molar-refractivity contribution in [2.24, 2.45) is 17.6 Å². The molecule has 0 amide bonds. The van der Waals surface area contributed by atoms with Gasteiger partial charge in [0.15, 0.2) is 0 Å². The highest BCUT2D eigenvalue weighted by molar-refractivity contribution is 4.78. The Hall–Kier alpha value is -0.0800. The lowest BCUT2D eigenvalue weighted by atomic mass is 9.97. The van der Waals surface area contributed by atoms with Crippen LogP contribution in [0.4, 0.5) is 0 Å². The Morgan fingerprint density at radius 3 is 1.76 bits per heavy atom. The number of hydrogen-bond donors (Lipinski definition) is 1. The second-order valence-corrected chi connectivity index (χ2v) is 5.87. The maximum absolute atomic E-state index is 6.31. The van der Waals surface area contributed by atoms with Crippen molar-refractivity contribution in [3.05, 3.63) is 0 Å². The van der Waals surface area contributed by atoms with E-state index in [4.69, 9.17) is 5.73 Å². The van der Waals surface area contributed by atoms with Gasteiger partial charge in [0.1, 0.15) is 0 Å². The first-order valence-electron chi connectivity index (χ1n) is 7.45. The third-order valence-electron chi connectivity index (χ3n) is 3.88. The summed E-state index contributed by atoms with van der Waals surface area (Å²) < 4.78 is 0. The van der Waals surface area contributed by atoms with Crippen LogP contribution in [0.25, 0.3) is 0 Å². The molecule has 17 heavy (non-hydrogen) atoms. The van der Waals surface area contributed by atoms with Gasteiger partial charge in [0.25, 0.3) is 0 Å². The number of rotatable bonds is 9. The van der Waals surface area contributed by atoms with Gasteiger partial charge < -0.3 is 5.73 Å². The number of nitrogens with two attached hydrogens (primary N) is 1. The predicted molar refractivity (Wildman–Crippen MR) is 78.2 cm³/mol. The molecule has 0 aliphatic heterocycles. The van der Waals surface area contributed by atoms with Crippen molar-refractivity contribution in [2.45, 2.75) is 72.9 Å². The monoisotopic (exact) mass is 242 g/mol. The predicted octanol–water partition coefficient (Wildman–Crippen LogP) is 3.51. The third kappa shape index (κ3) is 6.42. The van der Waals surface area contributed by atoms with E-state index in [1.165, 1.54) is 25.8 Å². The molecule has 0 radical (unpaired) electrons. The standard InChI is InChI=1S/C15H34N2/c1-7-13(6)15(16)11-17(10-12(4)5)14(8-2)9-3/h12-15H,7-11,16H2,1-6H3/t13-,15+/m0/s1. The molecule has 0 aromatic carbocycles. The van der Waals surface area contributed by atoms with Crippen LogP contribution in [0, 0.1) is 11.8 Å². The Balaban J connectivity index is 4.46. The molecule has 0 spiro atoms. The molecular weight excluding hydrogens is 208 g/mol. The van der Waals surface area contributed by atoms with Crippen molar-refractivity contribution in [3.8, 4) is 0 Å². The van der Waals surface area contributed by atoms with Crippen molar-refractivity contribution in [1.29, 1.82) is 0 Å². The SMILES string of the molecule is CCC(CC)N(CC(C)C)C[C@@H](N)[C@@H](C)CC. The van der Waals surface area contributed by atoms with Gasteiger partial charge in [-0.25, -0.2) is 0 Å². The minimum Gasteiger partial charge on any atom is -0.326 e. The molecule has 0 bridgehead atoms. The third-order valence-corrected chi connectivity index (χ3v) is 3.88. The zero-order chi connectivity index (χ0) is 13.4. The molecule has 0 heterocycles. The maximum atomic E-state index is 6.31. The molecule has 2 heteroatoms. The fourth-order valence-electron chi connectivity index (χ4n) is 2.40. The van der Waals surface area contributed by atoms with Crippen LogP contribution >= 0.6 is 0 Å². The molecule has 2 N–H and O–H groups in total. The van der Waals surface area contributed by atoms with E-state index in [1.54, 1.807) is 0 Å². The molecule has 0 aromatic rings. The van der Waals surface area contributed by atoms with Crippen LogP contribution < -0.4 is 5.73 Å². The molecule has 0 saturated heterocycles. The van der Waals surface area contributed by atoms with Crippen molar-refractivity contribution in [3.63, 3.8) is 0 Å². The molecule has 0 fully saturated rings. The molecule has 0 saturated carbocycles. The molecule has 0 aliphatic rings. The van der Waals surface area contributed by atoms with Crippen LogP contribution in [-0.2, 0) is 0 Å². The molecule has 2 nitrogen and oxygen atoms in total. The molecule has 0 rings (SSSR count). The van der Waals surface area contributed by atoms with Crippen LogP contribution in [0.15, 0.2) is 0 Å². The fourth-order valence-corrected chi connectivity index (χ4v) is 2.40. The Morgan fingerprint density at radius 2 is 1.41 bits per heavy atom. The molecule has 104 valence electrons. The molecule has 2 atom stereocenters. The van der Waals surface area contributed by atoms with E-state index in [2.05, 4.69) is 46.4 Å². The number of hydrogen-bond acceptors (Lipinski definition) is 2. The van der Waals surface area contributed by atoms with Crippen molar-refractivity contribution in [2.75, 3.05) is 13.1 Å². The zero-order valence-electron chi connectivity index (χ0n) is 12.9. The van der Waals surface area contributed by atoms with Gasteiger partial charge in [-0.2, -0.15) is 0 Å². The first kappa shape index (κ1) is 16.9. The minimum absolute atomic E-state index is 0.319. The van der Waals surface area contributed by atoms with Gasteiger partial charge >= 0.3 is 0 Å². The first-order valence-corrected chi connectivity index (χ1v) is 7.45. The van der Waals surface area contributed by atoms with E-state index in [-0.39, 0.29) is 0 Å². The summed E-state index contributed by atoms with van der Waals surface area (Å²) in [4.78, 5) is 2.61. The van der Waals surface area contributed by atoms with Gasteiger partial charge in [0, 0.05) is 25.2 Å². The first-order chi connectivity index (χ1) is 7.96. The Bertz CT molecular complexity index is 176. The summed E-state index contributed by atoms with van der Waals surface area (Å²) in [5.41, 5.74) is 6.31. The lowest BCUT2D eigenvalue weighted by molar-refractivity contribution is 0.144. The molecule has 0 unspecified atom stereocenters. The Kier molecular flexibility index (Phi) is 8.89. The van der Waals surface area contributed by atoms with Crippen LogP contribution in [0.1, 0.15) is 60.8 Å². The smallest absolute Gasteiger partial charge is 0.0193 e. The van der Waals surface area contributed by atoms with E-state index in [0.717, 1.165) is 12.5 Å². The lowest BCUT2D eigenvalue weighted by Gasteiger charge is -2.35. The van der Waals surface area contributed by atoms with E-state index >= 15 is 0 Å². The summed E-state index contributed by atoms with van der Waals surface area (Å²) in [7, 11) is 0. The molecule has 0 aromatic heterocycles. The Morgan fingerprint density at radius 1 is 0.882 bits per heavy atom. The normalized spacial score (nSPS) is 15.9. The van der Waals surface area contributed by atoms with Crippen LogP contribution in [-0.4, -0.2) is 30.1 Å². The second kappa shape index (κ2) is 8.93. The van der Waals surface area contributed by atoms with Crippen molar-refractivity contribution in [1.82, 2.24) is 4.90 Å². The summed E-state index contributed by atoms with van der Waals surface area (Å²) in [6.45, 7) is 15.9. The highest BCUT2D eigenvalue weighted by Gasteiger charge is 2.21. The van der Waals surface area contributed by atoms with Gasteiger partial charge in [-0.3, -0.25) is 4.90 Å². The van der Waals surface area contributed by atoms with Crippen molar-refractivity contribution >= 4 is 0 Å². The number of nitrogens with zero attached hydrogens (tertiary/aromatic N) is 1. The summed E-state index contributed by atoms with van der Waals surface area (Å²) >= 11 is 0. The molecule has 0 aliphatic carbocycles. The maximum Gasteiger partial charge on any atom is 0.0193 e. The van der Waals surface area contributed by atoms with Gasteiger partial charge in [-0.05, 0) is 24.7 Å². The average Bonchev–Trinajstić information content (AvgIpc) is 2.28. The summed E-state index contributed by atoms with van der Waals surface area (Å²) in [6.07, 6.45) is 3.65. The second-order valence-electron chi connectivity index (χ2n) is 5.87. The van der Waals surface area contributed by atoms with E-state index in [1.807, 2.05) is 0 Å². The van der Waals surface area contributed by atoms with Gasteiger partial charge in [0.2, 0.25) is 0 Å². The van der Waals surface area contributed by atoms with Gasteiger partial charge in [-0.1, -0.05) is 48.0 Å². The zero-order valence-corrected chi connectivity index (χ0v) is 12.9. The quantitative estimate of drug-likeness (QED) is 0.670. The average molecular weight is 242 g/mol. The minimum atomic E-state index is 0.319. The van der Waals surface area contributed by atoms with Gasteiger partial charge in [-0.15, -0.1) is 0 Å². The van der Waals surface area contributed by atoms with Crippen molar-refractivity contribution < 1.29 is 0 Å². The summed E-state index contributed by atoms with van der Waals surface area (Å²) in [5, 5.41) is 0. The Labute approximate surface area is 109 Å². The van der Waals surface area contributed by atoms with Crippen LogP contribution in [0.3, 0.4) is 0 Å². The lowest BCUT2D eigenvalue weighted by Crippen LogP contribution is -2.47. The largest absolute Gasteiger partial charge is 0.326 e. The van der Waals surface area contributed by atoms with E-state index in [0.29, 0.717) is 18.0 Å². The van der Waals surface area contributed by atoms with E-state index in [9.17, 15) is 0 Å². The highest BCUT2D eigenvalue weighted by atomic mass is 15.2. The highest BCUT2D eigenvalue weighted by Crippen LogP contribution is 2.15. The summed E-state index contributed by atoms with van der Waals surface area (Å²) in [6, 6.07) is 1.02. The fraction of sp³-hybridized carbons (Fsp3) is 1.00. The van der Waals surface area contributed by atoms with Crippen LogP contribution in [0.2, 0.25) is 0 Å². The van der Waals surface area contributed by atoms with Gasteiger partial charge in [0.05, 0.1) is 0 Å². The summed E-state index contributed by atoms with van der Waals surface area (Å²) in [5.74, 6) is 1.35. The van der Waals surface area contributed by atoms with Crippen LogP contribution in [0.5, 0.6) is 0 Å². The van der Waals surface area contributed by atoms with E-state index < -0.39 is 0 Å².